The minimum absolute atomic E-state index is 0.0106. The molecule has 0 aliphatic carbocycles. The molecule has 0 fully saturated rings. The smallest absolute Gasteiger partial charge is 0.194 e. The van der Waals surface area contributed by atoms with Crippen molar-refractivity contribution in [2.45, 2.75) is 41.0 Å². The summed E-state index contributed by atoms with van der Waals surface area (Å²) in [6.45, 7) is 9.39. The first kappa shape index (κ1) is 28.1. The van der Waals surface area contributed by atoms with Gasteiger partial charge in [0, 0.05) is 11.1 Å². The molecule has 0 atom stereocenters. The van der Waals surface area contributed by atoms with Crippen molar-refractivity contribution < 1.29 is 14.4 Å². The number of hydrogen-bond acceptors (Lipinski definition) is 3. The van der Waals surface area contributed by atoms with E-state index in [1.807, 2.05) is 119 Å². The third-order valence-corrected chi connectivity index (χ3v) is 5.26. The summed E-state index contributed by atoms with van der Waals surface area (Å²) in [4.78, 5) is 34.9. The van der Waals surface area contributed by atoms with E-state index in [1.54, 1.807) is 6.08 Å². The second-order valence-electron chi connectivity index (χ2n) is 8.90. The lowest BCUT2D eigenvalue weighted by atomic mass is 9.88. The van der Waals surface area contributed by atoms with Crippen LogP contribution in [-0.4, -0.2) is 17.3 Å². The summed E-state index contributed by atoms with van der Waals surface area (Å²) < 4.78 is 0. The average Bonchev–Trinajstić information content (AvgIpc) is 2.84. The molecule has 3 rings (SSSR count). The molecular weight excluding hydrogens is 444 g/mol. The zero-order valence-corrected chi connectivity index (χ0v) is 21.7. The minimum atomic E-state index is -0.152. The van der Waals surface area contributed by atoms with Gasteiger partial charge in [-0.05, 0) is 57.4 Å². The van der Waals surface area contributed by atoms with Gasteiger partial charge in [0.25, 0.3) is 0 Å². The summed E-state index contributed by atoms with van der Waals surface area (Å²) in [5.41, 5.74) is 6.56. The SMILES string of the molecule is CC(=O)CC(=O)C=Cc1ccccc1.CC(C)=C(C(=O)C(=C(C)C)c1ccccc1)c1ccccc1. The third kappa shape index (κ3) is 8.92. The maximum absolute atomic E-state index is 13.2. The highest BCUT2D eigenvalue weighted by Gasteiger charge is 2.20. The highest BCUT2D eigenvalue weighted by molar-refractivity contribution is 6.43. The Bertz CT molecular complexity index is 1190. The van der Waals surface area contributed by atoms with Crippen LogP contribution in [0.25, 0.3) is 17.2 Å². The lowest BCUT2D eigenvalue weighted by molar-refractivity contribution is -0.123. The monoisotopic (exact) mass is 478 g/mol. The van der Waals surface area contributed by atoms with Crippen LogP contribution in [0, 0.1) is 0 Å². The predicted octanol–water partition coefficient (Wildman–Crippen LogP) is 7.79. The lowest BCUT2D eigenvalue weighted by Gasteiger charge is -2.14. The number of ketones is 3. The average molecular weight is 479 g/mol. The van der Waals surface area contributed by atoms with Crippen molar-refractivity contribution in [3.8, 4) is 0 Å². The van der Waals surface area contributed by atoms with E-state index in [0.29, 0.717) is 0 Å². The lowest BCUT2D eigenvalue weighted by Crippen LogP contribution is -2.08. The Kier molecular flexibility index (Phi) is 11.2. The molecule has 0 bridgehead atoms. The van der Waals surface area contributed by atoms with Crippen molar-refractivity contribution >= 4 is 34.6 Å². The fraction of sp³-hybridized carbons (Fsp3) is 0.182. The molecule has 0 amide bonds. The van der Waals surface area contributed by atoms with Gasteiger partial charge in [-0.25, -0.2) is 0 Å². The summed E-state index contributed by atoms with van der Waals surface area (Å²) in [5, 5.41) is 0. The number of rotatable bonds is 8. The van der Waals surface area contributed by atoms with E-state index in [2.05, 4.69) is 0 Å². The Hall–Kier alpha value is -4.11. The van der Waals surface area contributed by atoms with Gasteiger partial charge in [-0.15, -0.1) is 0 Å². The largest absolute Gasteiger partial charge is 0.300 e. The van der Waals surface area contributed by atoms with Crippen molar-refractivity contribution in [1.82, 2.24) is 0 Å². The summed E-state index contributed by atoms with van der Waals surface area (Å²) in [6, 6.07) is 29.3. The first-order valence-corrected chi connectivity index (χ1v) is 12.0. The summed E-state index contributed by atoms with van der Waals surface area (Å²) >= 11 is 0. The van der Waals surface area contributed by atoms with Crippen LogP contribution in [0.4, 0.5) is 0 Å². The van der Waals surface area contributed by atoms with E-state index in [9.17, 15) is 14.4 Å². The van der Waals surface area contributed by atoms with Crippen molar-refractivity contribution in [1.29, 1.82) is 0 Å². The predicted molar refractivity (Wildman–Crippen MR) is 150 cm³/mol. The van der Waals surface area contributed by atoms with Gasteiger partial charge in [-0.1, -0.05) is 108 Å². The van der Waals surface area contributed by atoms with Gasteiger partial charge in [0.2, 0.25) is 0 Å². The van der Waals surface area contributed by atoms with Gasteiger partial charge in [0.05, 0.1) is 6.42 Å². The molecular formula is C33H34O3. The number of benzene rings is 3. The van der Waals surface area contributed by atoms with E-state index in [4.69, 9.17) is 0 Å². The number of carbonyl (C=O) groups is 3. The zero-order chi connectivity index (χ0) is 26.5. The van der Waals surface area contributed by atoms with Gasteiger partial charge in [-0.3, -0.25) is 14.4 Å². The van der Waals surface area contributed by atoms with Crippen LogP contribution in [-0.2, 0) is 14.4 Å². The summed E-state index contributed by atoms with van der Waals surface area (Å²) in [6.07, 6.45) is 3.14. The molecule has 0 saturated heterocycles. The summed E-state index contributed by atoms with van der Waals surface area (Å²) in [7, 11) is 0. The standard InChI is InChI=1S/C21H22O.C12H12O2/c1-15(2)19(17-11-7-5-8-12-17)21(22)20(16(3)4)18-13-9-6-10-14-18;1-10(13)9-12(14)8-7-11-5-3-2-4-6-11/h5-14H,1-4H3;2-8H,9H2,1H3. The first-order chi connectivity index (χ1) is 17.2. The maximum atomic E-state index is 13.2. The number of carbonyl (C=O) groups excluding carboxylic acids is 3. The zero-order valence-electron chi connectivity index (χ0n) is 21.7. The molecule has 0 saturated carbocycles. The van der Waals surface area contributed by atoms with E-state index in [-0.39, 0.29) is 23.8 Å². The normalized spacial score (nSPS) is 10.1. The minimum Gasteiger partial charge on any atom is -0.300 e. The van der Waals surface area contributed by atoms with Crippen LogP contribution in [0.5, 0.6) is 0 Å². The van der Waals surface area contributed by atoms with Crippen molar-refractivity contribution in [2.75, 3.05) is 0 Å². The number of hydrogen-bond donors (Lipinski definition) is 0. The van der Waals surface area contributed by atoms with Crippen LogP contribution in [0.2, 0.25) is 0 Å². The Labute approximate surface area is 214 Å². The van der Waals surface area contributed by atoms with Crippen LogP contribution in [0.15, 0.2) is 108 Å². The Balaban J connectivity index is 0.000000281. The molecule has 3 nitrogen and oxygen atoms in total. The fourth-order valence-corrected chi connectivity index (χ4v) is 3.69. The van der Waals surface area contributed by atoms with Gasteiger partial charge in [-0.2, -0.15) is 0 Å². The molecule has 184 valence electrons. The van der Waals surface area contributed by atoms with Crippen molar-refractivity contribution in [2.24, 2.45) is 0 Å². The second kappa shape index (κ2) is 14.3. The maximum Gasteiger partial charge on any atom is 0.194 e. The second-order valence-corrected chi connectivity index (χ2v) is 8.90. The molecule has 36 heavy (non-hydrogen) atoms. The molecule has 0 aromatic heterocycles. The highest BCUT2D eigenvalue weighted by Crippen LogP contribution is 2.29. The van der Waals surface area contributed by atoms with E-state index < -0.39 is 0 Å². The Morgan fingerprint density at radius 3 is 1.33 bits per heavy atom. The van der Waals surface area contributed by atoms with Crippen LogP contribution < -0.4 is 0 Å². The molecule has 0 N–H and O–H groups in total. The topological polar surface area (TPSA) is 51.2 Å². The van der Waals surface area contributed by atoms with Gasteiger partial charge >= 0.3 is 0 Å². The van der Waals surface area contributed by atoms with Gasteiger partial charge in [0.1, 0.15) is 5.78 Å². The number of Topliss-reactive ketones (excluding diaryl/α,β-unsaturated/α-hetero) is 2. The van der Waals surface area contributed by atoms with E-state index in [1.165, 1.54) is 13.0 Å². The molecule has 0 aliphatic heterocycles. The molecule has 3 heteroatoms. The van der Waals surface area contributed by atoms with Gasteiger partial charge < -0.3 is 0 Å². The van der Waals surface area contributed by atoms with Crippen LogP contribution in [0.1, 0.15) is 57.7 Å². The molecule has 0 radical (unpaired) electrons. The fourth-order valence-electron chi connectivity index (χ4n) is 3.69. The van der Waals surface area contributed by atoms with E-state index >= 15 is 0 Å². The molecule has 0 unspecified atom stereocenters. The van der Waals surface area contributed by atoms with Gasteiger partial charge in [0.15, 0.2) is 11.6 Å². The molecule has 0 spiro atoms. The quantitative estimate of drug-likeness (QED) is 0.245. The molecule has 0 aliphatic rings. The van der Waals surface area contributed by atoms with E-state index in [0.717, 1.165) is 39.0 Å². The molecule has 0 heterocycles. The Morgan fingerprint density at radius 2 is 0.972 bits per heavy atom. The first-order valence-electron chi connectivity index (χ1n) is 12.0. The highest BCUT2D eigenvalue weighted by atomic mass is 16.1. The third-order valence-electron chi connectivity index (χ3n) is 5.26. The number of allylic oxidation sites excluding steroid dienone is 5. The molecule has 3 aromatic rings. The van der Waals surface area contributed by atoms with Crippen LogP contribution >= 0.6 is 0 Å². The van der Waals surface area contributed by atoms with Crippen molar-refractivity contribution in [3.05, 3.63) is 125 Å². The molecule has 3 aromatic carbocycles. The summed E-state index contributed by atoms with van der Waals surface area (Å²) in [5.74, 6) is -0.161. The van der Waals surface area contributed by atoms with Crippen molar-refractivity contribution in [3.63, 3.8) is 0 Å². The van der Waals surface area contributed by atoms with Crippen LogP contribution in [0.3, 0.4) is 0 Å². The Morgan fingerprint density at radius 1 is 0.583 bits per heavy atom.